The van der Waals surface area contributed by atoms with Gasteiger partial charge in [0.15, 0.2) is 17.3 Å². The van der Waals surface area contributed by atoms with Crippen molar-refractivity contribution in [3.8, 4) is 28.4 Å². The van der Waals surface area contributed by atoms with Crippen LogP contribution in [-0.4, -0.2) is 37.2 Å². The Kier molecular flexibility index (Phi) is 6.06. The van der Waals surface area contributed by atoms with Gasteiger partial charge in [-0.2, -0.15) is 0 Å². The molecule has 0 amide bonds. The van der Waals surface area contributed by atoms with Crippen LogP contribution < -0.4 is 14.2 Å². The smallest absolute Gasteiger partial charge is 0.312 e. The molecule has 1 atom stereocenters. The van der Waals surface area contributed by atoms with Gasteiger partial charge >= 0.3 is 5.97 Å². The van der Waals surface area contributed by atoms with Crippen molar-refractivity contribution in [2.24, 2.45) is 5.41 Å². The van der Waals surface area contributed by atoms with Crippen molar-refractivity contribution in [3.05, 3.63) is 41.5 Å². The Balaban J connectivity index is 2.21. The van der Waals surface area contributed by atoms with Gasteiger partial charge in [0.1, 0.15) is 6.10 Å². The van der Waals surface area contributed by atoms with Gasteiger partial charge in [-0.15, -0.1) is 0 Å². The SMILES string of the molecule is CCC(Oc1c(-c2cccc3c2CCC3=O)ccc(OC)c1OC)C(C)(C)C(=O)O. The van der Waals surface area contributed by atoms with Crippen molar-refractivity contribution in [2.75, 3.05) is 14.2 Å². The summed E-state index contributed by atoms with van der Waals surface area (Å²) in [5.41, 5.74) is 2.22. The molecule has 0 saturated carbocycles. The molecule has 160 valence electrons. The van der Waals surface area contributed by atoms with Crippen LogP contribution in [0, 0.1) is 5.41 Å². The molecule has 0 radical (unpaired) electrons. The predicted molar refractivity (Wildman–Crippen MR) is 114 cm³/mol. The Hall–Kier alpha value is -3.02. The first-order valence-corrected chi connectivity index (χ1v) is 10.1. The molecule has 0 aromatic heterocycles. The average Bonchev–Trinajstić information content (AvgIpc) is 3.12. The van der Waals surface area contributed by atoms with E-state index in [-0.39, 0.29) is 5.78 Å². The minimum atomic E-state index is -1.12. The van der Waals surface area contributed by atoms with Gasteiger partial charge in [-0.1, -0.05) is 25.1 Å². The van der Waals surface area contributed by atoms with Crippen LogP contribution in [0.15, 0.2) is 30.3 Å². The Morgan fingerprint density at radius 2 is 1.73 bits per heavy atom. The highest BCUT2D eigenvalue weighted by Crippen LogP contribution is 2.48. The Bertz CT molecular complexity index is 976. The van der Waals surface area contributed by atoms with Gasteiger partial charge in [0, 0.05) is 17.5 Å². The lowest BCUT2D eigenvalue weighted by molar-refractivity contribution is -0.152. The third kappa shape index (κ3) is 3.62. The van der Waals surface area contributed by atoms with Crippen molar-refractivity contribution in [1.82, 2.24) is 0 Å². The van der Waals surface area contributed by atoms with Crippen molar-refractivity contribution in [3.63, 3.8) is 0 Å². The number of carbonyl (C=O) groups excluding carboxylic acids is 1. The van der Waals surface area contributed by atoms with E-state index in [4.69, 9.17) is 14.2 Å². The highest BCUT2D eigenvalue weighted by molar-refractivity contribution is 6.02. The molecule has 0 aliphatic heterocycles. The molecule has 0 spiro atoms. The van der Waals surface area contributed by atoms with Crippen LogP contribution in [0.2, 0.25) is 0 Å². The first-order chi connectivity index (χ1) is 14.3. The number of ether oxygens (including phenoxy) is 3. The fraction of sp³-hybridized carbons (Fsp3) is 0.417. The van der Waals surface area contributed by atoms with Crippen LogP contribution in [0.25, 0.3) is 11.1 Å². The van der Waals surface area contributed by atoms with Crippen LogP contribution in [0.5, 0.6) is 17.2 Å². The summed E-state index contributed by atoms with van der Waals surface area (Å²) in [5.74, 6) is 0.502. The summed E-state index contributed by atoms with van der Waals surface area (Å²) in [7, 11) is 3.06. The fourth-order valence-electron chi connectivity index (χ4n) is 3.99. The zero-order chi connectivity index (χ0) is 22.1. The molecule has 1 aliphatic carbocycles. The molecular formula is C24H28O6. The monoisotopic (exact) mass is 412 g/mol. The summed E-state index contributed by atoms with van der Waals surface area (Å²) in [6.07, 6.45) is 1.04. The Morgan fingerprint density at radius 3 is 2.33 bits per heavy atom. The van der Waals surface area contributed by atoms with Crippen molar-refractivity contribution < 1.29 is 28.9 Å². The second kappa shape index (κ2) is 8.38. The van der Waals surface area contributed by atoms with Gasteiger partial charge in [-0.25, -0.2) is 0 Å². The lowest BCUT2D eigenvalue weighted by Crippen LogP contribution is -2.40. The second-order valence-electron chi connectivity index (χ2n) is 7.97. The van der Waals surface area contributed by atoms with Crippen molar-refractivity contribution >= 4 is 11.8 Å². The number of hydrogen-bond donors (Lipinski definition) is 1. The summed E-state index contributed by atoms with van der Waals surface area (Å²) in [6.45, 7) is 5.18. The van der Waals surface area contributed by atoms with Crippen LogP contribution in [-0.2, 0) is 11.2 Å². The number of benzene rings is 2. The number of ketones is 1. The topological polar surface area (TPSA) is 82.1 Å². The van der Waals surface area contributed by atoms with E-state index in [1.54, 1.807) is 27.0 Å². The van der Waals surface area contributed by atoms with Gasteiger partial charge < -0.3 is 19.3 Å². The van der Waals surface area contributed by atoms with Gasteiger partial charge in [-0.05, 0) is 49.9 Å². The maximum atomic E-state index is 12.2. The van der Waals surface area contributed by atoms with E-state index in [9.17, 15) is 14.7 Å². The van der Waals surface area contributed by atoms with Gasteiger partial charge in [0.25, 0.3) is 0 Å². The minimum absolute atomic E-state index is 0.133. The summed E-state index contributed by atoms with van der Waals surface area (Å²) in [5, 5.41) is 9.72. The first kappa shape index (κ1) is 21.7. The number of hydrogen-bond acceptors (Lipinski definition) is 5. The molecule has 6 heteroatoms. The Labute approximate surface area is 176 Å². The molecule has 2 aromatic rings. The number of carboxylic acids is 1. The van der Waals surface area contributed by atoms with E-state index >= 15 is 0 Å². The number of aliphatic carboxylic acids is 1. The van der Waals surface area contributed by atoms with E-state index in [1.165, 1.54) is 7.11 Å². The number of methoxy groups -OCH3 is 2. The predicted octanol–water partition coefficient (Wildman–Crippen LogP) is 4.77. The molecule has 0 fully saturated rings. The standard InChI is InChI=1S/C24H28O6/c1-6-20(24(2,3)23(26)27)30-21-17(11-13-19(28-4)22(21)29-5)14-8-7-9-16-15(14)10-12-18(16)25/h7-9,11,13,20H,6,10,12H2,1-5H3,(H,26,27). The quantitative estimate of drug-likeness (QED) is 0.673. The lowest BCUT2D eigenvalue weighted by atomic mass is 9.85. The molecule has 0 bridgehead atoms. The molecule has 1 unspecified atom stereocenters. The van der Waals surface area contributed by atoms with E-state index in [2.05, 4.69) is 0 Å². The number of Topliss-reactive ketones (excluding diaryl/α,β-unsaturated/α-hetero) is 1. The molecule has 1 N–H and O–H groups in total. The molecule has 3 rings (SSSR count). The van der Waals surface area contributed by atoms with Crippen molar-refractivity contribution in [2.45, 2.75) is 46.1 Å². The number of carboxylic acid groups (broad SMARTS) is 1. The molecule has 0 heterocycles. The number of rotatable bonds is 8. The Morgan fingerprint density at radius 1 is 1.03 bits per heavy atom. The third-order valence-corrected chi connectivity index (χ3v) is 5.86. The second-order valence-corrected chi connectivity index (χ2v) is 7.97. The van der Waals surface area contributed by atoms with Gasteiger partial charge in [0.05, 0.1) is 19.6 Å². The molecular weight excluding hydrogens is 384 g/mol. The molecule has 1 aliphatic rings. The zero-order valence-corrected chi connectivity index (χ0v) is 18.1. The third-order valence-electron chi connectivity index (χ3n) is 5.86. The minimum Gasteiger partial charge on any atom is -0.493 e. The van der Waals surface area contributed by atoms with E-state index in [1.807, 2.05) is 31.2 Å². The lowest BCUT2D eigenvalue weighted by Gasteiger charge is -2.31. The maximum absolute atomic E-state index is 12.2. The zero-order valence-electron chi connectivity index (χ0n) is 18.1. The molecule has 2 aromatic carbocycles. The summed E-state index contributed by atoms with van der Waals surface area (Å²) >= 11 is 0. The van der Waals surface area contributed by atoms with Crippen LogP contribution in [0.4, 0.5) is 0 Å². The summed E-state index contributed by atoms with van der Waals surface area (Å²) < 4.78 is 17.4. The highest BCUT2D eigenvalue weighted by Gasteiger charge is 2.39. The van der Waals surface area contributed by atoms with Crippen molar-refractivity contribution in [1.29, 1.82) is 0 Å². The molecule has 0 saturated heterocycles. The van der Waals surface area contributed by atoms with Crippen LogP contribution in [0.1, 0.15) is 49.5 Å². The number of fused-ring (bicyclic) bond motifs is 1. The van der Waals surface area contributed by atoms with Gasteiger partial charge in [0.2, 0.25) is 5.75 Å². The highest BCUT2D eigenvalue weighted by atomic mass is 16.5. The van der Waals surface area contributed by atoms with Crippen LogP contribution >= 0.6 is 0 Å². The van der Waals surface area contributed by atoms with E-state index < -0.39 is 17.5 Å². The largest absolute Gasteiger partial charge is 0.493 e. The molecule has 6 nitrogen and oxygen atoms in total. The van der Waals surface area contributed by atoms with Crippen LogP contribution in [0.3, 0.4) is 0 Å². The summed E-state index contributed by atoms with van der Waals surface area (Å²) in [4.78, 5) is 24.1. The fourth-order valence-corrected chi connectivity index (χ4v) is 3.99. The van der Waals surface area contributed by atoms with E-state index in [0.29, 0.717) is 36.5 Å². The number of carbonyl (C=O) groups is 2. The average molecular weight is 412 g/mol. The summed E-state index contributed by atoms with van der Waals surface area (Å²) in [6, 6.07) is 9.32. The molecule has 30 heavy (non-hydrogen) atoms. The normalized spacial score (nSPS) is 14.2. The maximum Gasteiger partial charge on any atom is 0.312 e. The van der Waals surface area contributed by atoms with E-state index in [0.717, 1.165) is 22.3 Å². The first-order valence-electron chi connectivity index (χ1n) is 10.1. The van der Waals surface area contributed by atoms with Gasteiger partial charge in [-0.3, -0.25) is 9.59 Å².